The van der Waals surface area contributed by atoms with E-state index in [-0.39, 0.29) is 16.9 Å². The summed E-state index contributed by atoms with van der Waals surface area (Å²) < 4.78 is 18.4. The molecule has 0 unspecified atom stereocenters. The number of hydrogen-bond donors (Lipinski definition) is 2. The van der Waals surface area contributed by atoms with Crippen LogP contribution in [-0.4, -0.2) is 18.1 Å². The number of anilines is 1. The fourth-order valence-electron chi connectivity index (χ4n) is 1.91. The highest BCUT2D eigenvalue weighted by molar-refractivity contribution is 6.31. The van der Waals surface area contributed by atoms with Gasteiger partial charge in [-0.3, -0.25) is 4.79 Å². The molecule has 2 N–H and O–H groups in total. The number of nitriles is 1. The molecule has 1 amide bonds. The Labute approximate surface area is 142 Å². The van der Waals surface area contributed by atoms with E-state index in [1.165, 1.54) is 25.3 Å². The summed E-state index contributed by atoms with van der Waals surface area (Å²) in [5.74, 6) is -2.34. The van der Waals surface area contributed by atoms with Crippen LogP contribution in [0, 0.1) is 17.1 Å². The van der Waals surface area contributed by atoms with Gasteiger partial charge < -0.3 is 15.2 Å². The van der Waals surface area contributed by atoms with E-state index in [1.807, 2.05) is 0 Å². The molecule has 0 radical (unpaired) electrons. The number of aromatic hydroxyl groups is 1. The summed E-state index contributed by atoms with van der Waals surface area (Å²) in [7, 11) is 1.26. The van der Waals surface area contributed by atoms with Crippen molar-refractivity contribution >= 4 is 29.3 Å². The molecular formula is C17H12ClFN2O3. The highest BCUT2D eigenvalue weighted by Crippen LogP contribution is 2.31. The molecule has 2 aromatic rings. The minimum absolute atomic E-state index is 0.103. The molecule has 2 rings (SSSR count). The van der Waals surface area contributed by atoms with Gasteiger partial charge in [0.25, 0.3) is 5.91 Å². The quantitative estimate of drug-likeness (QED) is 0.652. The summed E-state index contributed by atoms with van der Waals surface area (Å²) in [6.45, 7) is 0. The van der Waals surface area contributed by atoms with Crippen molar-refractivity contribution in [1.29, 1.82) is 5.26 Å². The molecule has 0 aliphatic rings. The molecule has 0 atom stereocenters. The Balaban J connectivity index is 2.31. The molecule has 0 aliphatic heterocycles. The van der Waals surface area contributed by atoms with E-state index < -0.39 is 17.5 Å². The minimum atomic E-state index is -0.923. The molecule has 122 valence electrons. The summed E-state index contributed by atoms with van der Waals surface area (Å²) >= 11 is 5.83. The zero-order valence-electron chi connectivity index (χ0n) is 12.5. The number of methoxy groups -OCH3 is 1. The number of rotatable bonds is 4. The molecule has 5 nitrogen and oxygen atoms in total. The maximum Gasteiger partial charge on any atom is 0.266 e. The molecule has 0 heterocycles. The van der Waals surface area contributed by atoms with E-state index in [4.69, 9.17) is 21.6 Å². The molecule has 24 heavy (non-hydrogen) atoms. The largest absolute Gasteiger partial charge is 0.502 e. The Morgan fingerprint density at radius 2 is 2.17 bits per heavy atom. The summed E-state index contributed by atoms with van der Waals surface area (Å²) in [5.41, 5.74) is 0.366. The third-order valence-corrected chi connectivity index (χ3v) is 3.26. The van der Waals surface area contributed by atoms with Crippen LogP contribution < -0.4 is 10.1 Å². The third kappa shape index (κ3) is 4.03. The SMILES string of the molecule is COc1cc(C=C(C#N)C(=O)Nc2cccc(Cl)c2)cc(F)c1O. The predicted molar refractivity (Wildman–Crippen MR) is 88.3 cm³/mol. The third-order valence-electron chi connectivity index (χ3n) is 3.03. The number of carbonyl (C=O) groups is 1. The average Bonchev–Trinajstić information content (AvgIpc) is 2.55. The van der Waals surface area contributed by atoms with Crippen molar-refractivity contribution in [3.05, 3.63) is 58.4 Å². The highest BCUT2D eigenvalue weighted by Gasteiger charge is 2.13. The van der Waals surface area contributed by atoms with Crippen molar-refractivity contribution in [3.8, 4) is 17.6 Å². The first-order valence-corrected chi connectivity index (χ1v) is 7.07. The molecular weight excluding hydrogens is 335 g/mol. The van der Waals surface area contributed by atoms with Gasteiger partial charge >= 0.3 is 0 Å². The Morgan fingerprint density at radius 3 is 2.79 bits per heavy atom. The van der Waals surface area contributed by atoms with E-state index in [9.17, 15) is 14.3 Å². The second-order valence-corrected chi connectivity index (χ2v) is 5.12. The molecule has 0 saturated heterocycles. The molecule has 0 fully saturated rings. The van der Waals surface area contributed by atoms with E-state index in [0.29, 0.717) is 10.7 Å². The average molecular weight is 347 g/mol. The number of nitrogens with one attached hydrogen (secondary N) is 1. The fraction of sp³-hybridized carbons (Fsp3) is 0.0588. The number of benzene rings is 2. The predicted octanol–water partition coefficient (Wildman–Crippen LogP) is 3.74. The molecule has 0 bridgehead atoms. The zero-order chi connectivity index (χ0) is 17.7. The monoisotopic (exact) mass is 346 g/mol. The fourth-order valence-corrected chi connectivity index (χ4v) is 2.10. The van der Waals surface area contributed by atoms with Crippen LogP contribution in [0.2, 0.25) is 5.02 Å². The maximum absolute atomic E-state index is 13.6. The van der Waals surface area contributed by atoms with Crippen LogP contribution in [0.4, 0.5) is 10.1 Å². The van der Waals surface area contributed by atoms with Crippen LogP contribution >= 0.6 is 11.6 Å². The minimum Gasteiger partial charge on any atom is -0.502 e. The van der Waals surface area contributed by atoms with E-state index in [2.05, 4.69) is 5.32 Å². The summed E-state index contributed by atoms with van der Waals surface area (Å²) in [5, 5.41) is 21.6. The van der Waals surface area contributed by atoms with Crippen LogP contribution in [0.1, 0.15) is 5.56 Å². The standard InChI is InChI=1S/C17H12ClFN2O3/c1-24-15-7-10(6-14(19)16(15)22)5-11(9-20)17(23)21-13-4-2-3-12(18)8-13/h2-8,22H,1H3,(H,21,23). The smallest absolute Gasteiger partial charge is 0.266 e. The number of carbonyl (C=O) groups excluding carboxylic acids is 1. The van der Waals surface area contributed by atoms with Crippen LogP contribution in [0.25, 0.3) is 6.08 Å². The van der Waals surface area contributed by atoms with Gasteiger partial charge in [0, 0.05) is 10.7 Å². The van der Waals surface area contributed by atoms with Crippen LogP contribution in [0.5, 0.6) is 11.5 Å². The molecule has 0 spiro atoms. The number of nitrogens with zero attached hydrogens (tertiary/aromatic N) is 1. The van der Waals surface area contributed by atoms with Crippen LogP contribution in [0.15, 0.2) is 42.0 Å². The summed E-state index contributed by atoms with van der Waals surface area (Å²) in [6, 6.07) is 10.5. The molecule has 0 aromatic heterocycles. The van der Waals surface area contributed by atoms with Crippen molar-refractivity contribution < 1.29 is 19.0 Å². The number of hydrogen-bond acceptors (Lipinski definition) is 4. The molecule has 0 saturated carbocycles. The number of halogens is 2. The number of ether oxygens (including phenoxy) is 1. The van der Waals surface area contributed by atoms with Gasteiger partial charge in [0.2, 0.25) is 0 Å². The lowest BCUT2D eigenvalue weighted by Gasteiger charge is -2.07. The van der Waals surface area contributed by atoms with Crippen molar-refractivity contribution in [2.45, 2.75) is 0 Å². The Kier molecular flexibility index (Phi) is 5.40. The second kappa shape index (κ2) is 7.49. The van der Waals surface area contributed by atoms with Crippen molar-refractivity contribution in [3.63, 3.8) is 0 Å². The zero-order valence-corrected chi connectivity index (χ0v) is 13.3. The normalized spacial score (nSPS) is 10.8. The van der Waals surface area contributed by atoms with Crippen LogP contribution in [-0.2, 0) is 4.79 Å². The van der Waals surface area contributed by atoms with Gasteiger partial charge in [-0.2, -0.15) is 5.26 Å². The maximum atomic E-state index is 13.6. The van der Waals surface area contributed by atoms with Crippen molar-refractivity contribution in [2.24, 2.45) is 0 Å². The van der Waals surface area contributed by atoms with E-state index in [1.54, 1.807) is 24.3 Å². The summed E-state index contributed by atoms with van der Waals surface area (Å²) in [6.07, 6.45) is 1.19. The topological polar surface area (TPSA) is 82.3 Å². The first-order chi connectivity index (χ1) is 11.4. The number of phenols is 1. The lowest BCUT2D eigenvalue weighted by molar-refractivity contribution is -0.112. The second-order valence-electron chi connectivity index (χ2n) is 4.69. The molecule has 2 aromatic carbocycles. The molecule has 7 heteroatoms. The van der Waals surface area contributed by atoms with Crippen molar-refractivity contribution in [1.82, 2.24) is 0 Å². The van der Waals surface area contributed by atoms with Gasteiger partial charge in [0.05, 0.1) is 7.11 Å². The van der Waals surface area contributed by atoms with Gasteiger partial charge in [0.1, 0.15) is 11.6 Å². The van der Waals surface area contributed by atoms with Crippen molar-refractivity contribution in [2.75, 3.05) is 12.4 Å². The van der Waals surface area contributed by atoms with Gasteiger partial charge in [0.15, 0.2) is 17.3 Å². The van der Waals surface area contributed by atoms with Gasteiger partial charge in [-0.15, -0.1) is 0 Å². The molecule has 0 aliphatic carbocycles. The van der Waals surface area contributed by atoms with Gasteiger partial charge in [-0.05, 0) is 42.0 Å². The van der Waals surface area contributed by atoms with Crippen LogP contribution in [0.3, 0.4) is 0 Å². The lowest BCUT2D eigenvalue weighted by atomic mass is 10.1. The first kappa shape index (κ1) is 17.3. The first-order valence-electron chi connectivity index (χ1n) is 6.70. The lowest BCUT2D eigenvalue weighted by Crippen LogP contribution is -2.13. The Morgan fingerprint density at radius 1 is 1.42 bits per heavy atom. The van der Waals surface area contributed by atoms with Gasteiger partial charge in [-0.25, -0.2) is 4.39 Å². The van der Waals surface area contributed by atoms with E-state index in [0.717, 1.165) is 6.07 Å². The summed E-state index contributed by atoms with van der Waals surface area (Å²) in [4.78, 5) is 12.1. The highest BCUT2D eigenvalue weighted by atomic mass is 35.5. The number of phenolic OH excluding ortho intramolecular Hbond substituents is 1. The van der Waals surface area contributed by atoms with Gasteiger partial charge in [-0.1, -0.05) is 17.7 Å². The number of amides is 1. The Bertz CT molecular complexity index is 859. The Hall–Kier alpha value is -3.04. The van der Waals surface area contributed by atoms with E-state index >= 15 is 0 Å².